The van der Waals surface area contributed by atoms with Crippen LogP contribution in [0.2, 0.25) is 0 Å². The van der Waals surface area contributed by atoms with E-state index in [1.165, 1.54) is 12.4 Å². The summed E-state index contributed by atoms with van der Waals surface area (Å²) >= 11 is 0. The van der Waals surface area contributed by atoms with Crippen molar-refractivity contribution in [2.75, 3.05) is 35.2 Å². The molecule has 0 bridgehead atoms. The fraction of sp³-hybridized carbons (Fsp3) is 0.318. The largest absolute Gasteiger partial charge is 0.382 e. The molecule has 0 unspecified atom stereocenters. The van der Waals surface area contributed by atoms with Gasteiger partial charge in [-0.3, -0.25) is 4.68 Å². The Balaban J connectivity index is 1.66. The highest BCUT2D eigenvalue weighted by atomic mass is 32.2. The predicted octanol–water partition coefficient (Wildman–Crippen LogP) is 2.80. The van der Waals surface area contributed by atoms with Crippen molar-refractivity contribution in [2.45, 2.75) is 19.9 Å². The Bertz CT molecular complexity index is 1440. The molecule has 4 aromatic rings. The first-order valence-corrected chi connectivity index (χ1v) is 12.5. The minimum Gasteiger partial charge on any atom is -0.382 e. The van der Waals surface area contributed by atoms with E-state index in [0.717, 1.165) is 22.5 Å². The zero-order valence-corrected chi connectivity index (χ0v) is 19.1. The number of rotatable bonds is 4. The third kappa shape index (κ3) is 3.71. The van der Waals surface area contributed by atoms with Crippen LogP contribution in [0.1, 0.15) is 19.9 Å². The monoisotopic (exact) mass is 469 g/mol. The molecule has 33 heavy (non-hydrogen) atoms. The van der Waals surface area contributed by atoms with Gasteiger partial charge in [0.05, 0.1) is 28.6 Å². The SMILES string of the molecule is CC(C)n1nccc1-c1cc(-c2ccc(F)c(N3CCS(=O)(=O)CC3)c2)n2ncnc(N)c12. The predicted molar refractivity (Wildman–Crippen MR) is 125 cm³/mol. The van der Waals surface area contributed by atoms with Crippen molar-refractivity contribution in [3.63, 3.8) is 0 Å². The number of anilines is 2. The average Bonchev–Trinajstić information content (AvgIpc) is 3.40. The standard InChI is InChI=1S/C22H24FN7O2S/c1-14(2)29-18(5-6-26-29)16-12-19(30-21(16)22(24)25-13-27-30)15-3-4-17(23)20(11-15)28-7-9-33(31,32)10-8-28/h3-6,11-14H,7-10H2,1-2H3,(H2,24,25,27). The molecule has 1 fully saturated rings. The van der Waals surface area contributed by atoms with Crippen molar-refractivity contribution in [1.82, 2.24) is 24.4 Å². The Morgan fingerprint density at radius 2 is 1.82 bits per heavy atom. The van der Waals surface area contributed by atoms with Gasteiger partial charge in [0, 0.05) is 36.5 Å². The fourth-order valence-corrected chi connectivity index (χ4v) is 5.48. The lowest BCUT2D eigenvalue weighted by Gasteiger charge is -2.29. The van der Waals surface area contributed by atoms with Gasteiger partial charge in [-0.15, -0.1) is 0 Å². The number of nitrogen functional groups attached to an aromatic ring is 1. The molecule has 4 heterocycles. The van der Waals surface area contributed by atoms with Gasteiger partial charge >= 0.3 is 0 Å². The van der Waals surface area contributed by atoms with E-state index >= 15 is 0 Å². The van der Waals surface area contributed by atoms with Crippen LogP contribution in [0.15, 0.2) is 42.9 Å². The molecule has 0 amide bonds. The minimum absolute atomic E-state index is 0.0117. The molecule has 172 valence electrons. The molecule has 0 atom stereocenters. The maximum atomic E-state index is 14.8. The number of aromatic nitrogens is 5. The van der Waals surface area contributed by atoms with E-state index in [1.807, 2.05) is 30.7 Å². The Morgan fingerprint density at radius 1 is 1.06 bits per heavy atom. The summed E-state index contributed by atoms with van der Waals surface area (Å²) in [7, 11) is -3.07. The molecule has 9 nitrogen and oxygen atoms in total. The van der Waals surface area contributed by atoms with Crippen LogP contribution < -0.4 is 10.6 Å². The summed E-state index contributed by atoms with van der Waals surface area (Å²) in [5.74, 6) is -0.0483. The van der Waals surface area contributed by atoms with Crippen molar-refractivity contribution in [2.24, 2.45) is 0 Å². The maximum Gasteiger partial charge on any atom is 0.153 e. The van der Waals surface area contributed by atoms with E-state index < -0.39 is 15.7 Å². The van der Waals surface area contributed by atoms with Crippen LogP contribution in [-0.2, 0) is 9.84 Å². The number of halogens is 1. The first-order chi connectivity index (χ1) is 15.7. The molecule has 0 radical (unpaired) electrons. The molecule has 0 spiro atoms. The summed E-state index contributed by atoms with van der Waals surface area (Å²) < 4.78 is 42.0. The molecule has 0 aliphatic carbocycles. The van der Waals surface area contributed by atoms with E-state index in [-0.39, 0.29) is 30.6 Å². The van der Waals surface area contributed by atoms with Crippen LogP contribution in [0, 0.1) is 5.82 Å². The molecule has 1 aromatic carbocycles. The van der Waals surface area contributed by atoms with Crippen LogP contribution in [0.5, 0.6) is 0 Å². The Kier molecular flexibility index (Phi) is 5.08. The quantitative estimate of drug-likeness (QED) is 0.489. The van der Waals surface area contributed by atoms with E-state index in [4.69, 9.17) is 5.73 Å². The number of benzene rings is 1. The van der Waals surface area contributed by atoms with Crippen LogP contribution in [-0.4, -0.2) is 57.4 Å². The number of hydrogen-bond donors (Lipinski definition) is 1. The minimum atomic E-state index is -3.07. The molecule has 5 rings (SSSR count). The van der Waals surface area contributed by atoms with Crippen LogP contribution >= 0.6 is 0 Å². The molecule has 3 aromatic heterocycles. The Hall–Kier alpha value is -3.47. The van der Waals surface area contributed by atoms with Crippen molar-refractivity contribution < 1.29 is 12.8 Å². The van der Waals surface area contributed by atoms with Crippen molar-refractivity contribution >= 4 is 26.9 Å². The zero-order valence-electron chi connectivity index (χ0n) is 18.3. The lowest BCUT2D eigenvalue weighted by molar-refractivity contribution is 0.539. The van der Waals surface area contributed by atoms with Gasteiger partial charge in [-0.1, -0.05) is 0 Å². The molecule has 2 N–H and O–H groups in total. The highest BCUT2D eigenvalue weighted by molar-refractivity contribution is 7.91. The molecular weight excluding hydrogens is 445 g/mol. The number of hydrogen-bond acceptors (Lipinski definition) is 7. The van der Waals surface area contributed by atoms with Gasteiger partial charge in [0.15, 0.2) is 15.7 Å². The van der Waals surface area contributed by atoms with Crippen molar-refractivity contribution in [1.29, 1.82) is 0 Å². The van der Waals surface area contributed by atoms with Crippen molar-refractivity contribution in [3.8, 4) is 22.5 Å². The summed E-state index contributed by atoms with van der Waals surface area (Å²) in [5.41, 5.74) is 10.4. The van der Waals surface area contributed by atoms with Gasteiger partial charge in [0.1, 0.15) is 17.7 Å². The number of sulfone groups is 1. The highest BCUT2D eigenvalue weighted by Gasteiger charge is 2.25. The average molecular weight is 470 g/mol. The van der Waals surface area contributed by atoms with Gasteiger partial charge in [0.25, 0.3) is 0 Å². The molecular formula is C22H24FN7O2S. The Labute approximate surface area is 190 Å². The summed E-state index contributed by atoms with van der Waals surface area (Å²) in [4.78, 5) is 5.94. The topological polar surface area (TPSA) is 111 Å². The highest BCUT2D eigenvalue weighted by Crippen LogP contribution is 2.37. The third-order valence-corrected chi connectivity index (χ3v) is 7.55. The number of nitrogens with zero attached hydrogens (tertiary/aromatic N) is 6. The van der Waals surface area contributed by atoms with Gasteiger partial charge < -0.3 is 10.6 Å². The first-order valence-electron chi connectivity index (χ1n) is 10.7. The van der Waals surface area contributed by atoms with Crippen LogP contribution in [0.3, 0.4) is 0 Å². The smallest absolute Gasteiger partial charge is 0.153 e. The molecule has 1 aliphatic rings. The van der Waals surface area contributed by atoms with Gasteiger partial charge in [-0.05, 0) is 44.2 Å². The van der Waals surface area contributed by atoms with Gasteiger partial charge in [-0.25, -0.2) is 22.3 Å². The summed E-state index contributed by atoms with van der Waals surface area (Å²) in [6.07, 6.45) is 3.12. The second kappa shape index (κ2) is 7.84. The van der Waals surface area contributed by atoms with Crippen LogP contribution in [0.4, 0.5) is 15.9 Å². The van der Waals surface area contributed by atoms with E-state index in [1.54, 1.807) is 27.7 Å². The lowest BCUT2D eigenvalue weighted by Crippen LogP contribution is -2.40. The second-order valence-electron chi connectivity index (χ2n) is 8.41. The normalized spacial score (nSPS) is 16.1. The second-order valence-corrected chi connectivity index (χ2v) is 10.7. The summed E-state index contributed by atoms with van der Waals surface area (Å²) in [6, 6.07) is 8.81. The number of nitrogens with two attached hydrogens (primary N) is 1. The van der Waals surface area contributed by atoms with E-state index in [9.17, 15) is 12.8 Å². The van der Waals surface area contributed by atoms with Crippen molar-refractivity contribution in [3.05, 3.63) is 48.7 Å². The maximum absolute atomic E-state index is 14.8. The fourth-order valence-electron chi connectivity index (χ4n) is 4.28. The molecule has 1 aliphatic heterocycles. The molecule has 0 saturated carbocycles. The summed E-state index contributed by atoms with van der Waals surface area (Å²) in [6.45, 7) is 4.60. The lowest BCUT2D eigenvalue weighted by atomic mass is 10.1. The molecule has 1 saturated heterocycles. The van der Waals surface area contributed by atoms with Gasteiger partial charge in [0.2, 0.25) is 0 Å². The first kappa shape index (κ1) is 21.4. The van der Waals surface area contributed by atoms with Gasteiger partial charge in [-0.2, -0.15) is 10.2 Å². The number of fused-ring (bicyclic) bond motifs is 1. The third-order valence-electron chi connectivity index (χ3n) is 5.95. The van der Waals surface area contributed by atoms with E-state index in [2.05, 4.69) is 15.2 Å². The zero-order chi connectivity index (χ0) is 23.3. The van der Waals surface area contributed by atoms with Crippen LogP contribution in [0.25, 0.3) is 28.0 Å². The van der Waals surface area contributed by atoms with E-state index in [0.29, 0.717) is 17.0 Å². The Morgan fingerprint density at radius 3 is 2.55 bits per heavy atom. The molecule has 11 heteroatoms. The summed E-state index contributed by atoms with van der Waals surface area (Å²) in [5, 5.41) is 8.85.